The van der Waals surface area contributed by atoms with Crippen LogP contribution in [0.2, 0.25) is 0 Å². The first-order chi connectivity index (χ1) is 15.7. The first kappa shape index (κ1) is 21.8. The topological polar surface area (TPSA) is 46.9 Å². The molecule has 0 radical (unpaired) electrons. The summed E-state index contributed by atoms with van der Waals surface area (Å²) in [6.07, 6.45) is 5.18. The maximum atomic E-state index is 12.6. The van der Waals surface area contributed by atoms with E-state index in [-0.39, 0.29) is 5.91 Å². The van der Waals surface area contributed by atoms with Crippen molar-refractivity contribution in [2.75, 3.05) is 0 Å². The van der Waals surface area contributed by atoms with Crippen molar-refractivity contribution in [3.05, 3.63) is 90.3 Å². The molecule has 0 atom stereocenters. The average Bonchev–Trinajstić information content (AvgIpc) is 3.19. The molecule has 4 aromatic rings. The number of benzene rings is 3. The van der Waals surface area contributed by atoms with Crippen molar-refractivity contribution >= 4 is 16.9 Å². The fourth-order valence-electron chi connectivity index (χ4n) is 4.08. The summed E-state index contributed by atoms with van der Waals surface area (Å²) < 4.78 is 2.26. The van der Waals surface area contributed by atoms with Gasteiger partial charge in [0.15, 0.2) is 0 Å². The number of fused-ring (bicyclic) bond motifs is 1. The van der Waals surface area contributed by atoms with Gasteiger partial charge in [-0.05, 0) is 35.2 Å². The molecule has 0 saturated carbocycles. The predicted molar refractivity (Wildman–Crippen MR) is 131 cm³/mol. The third-order valence-corrected chi connectivity index (χ3v) is 5.84. The second-order valence-corrected chi connectivity index (χ2v) is 8.25. The maximum absolute atomic E-state index is 12.6. The Balaban J connectivity index is 1.38. The average molecular weight is 426 g/mol. The number of carbonyl (C=O) groups excluding carboxylic acids is 1. The minimum Gasteiger partial charge on any atom is -0.349 e. The molecule has 0 unspecified atom stereocenters. The van der Waals surface area contributed by atoms with E-state index in [1.165, 1.54) is 24.8 Å². The lowest BCUT2D eigenvalue weighted by Gasteiger charge is -2.10. The van der Waals surface area contributed by atoms with Crippen LogP contribution in [0.15, 0.2) is 78.9 Å². The molecule has 0 aliphatic rings. The second-order valence-electron chi connectivity index (χ2n) is 8.25. The Morgan fingerprint density at radius 3 is 2.34 bits per heavy atom. The standard InChI is InChI=1S/C28H31N3O/c1-2-3-4-10-19-31-26-14-9-8-13-25(26)30-27(31)21-29-28(32)20-22-15-17-24(18-16-22)23-11-6-5-7-12-23/h5-9,11-18H,2-4,10,19-21H2,1H3,(H,29,32). The Labute approximate surface area is 190 Å². The van der Waals surface area contributed by atoms with Crippen molar-refractivity contribution in [2.24, 2.45) is 0 Å². The van der Waals surface area contributed by atoms with Crippen molar-refractivity contribution in [3.8, 4) is 11.1 Å². The van der Waals surface area contributed by atoms with Gasteiger partial charge < -0.3 is 9.88 Å². The zero-order chi connectivity index (χ0) is 22.2. The number of nitrogens with one attached hydrogen (secondary N) is 1. The molecule has 32 heavy (non-hydrogen) atoms. The van der Waals surface area contributed by atoms with E-state index in [9.17, 15) is 4.79 Å². The third kappa shape index (κ3) is 5.44. The number of para-hydroxylation sites is 2. The van der Waals surface area contributed by atoms with E-state index >= 15 is 0 Å². The summed E-state index contributed by atoms with van der Waals surface area (Å²) in [6, 6.07) is 26.7. The number of hydrogen-bond donors (Lipinski definition) is 1. The van der Waals surface area contributed by atoms with Gasteiger partial charge >= 0.3 is 0 Å². The monoisotopic (exact) mass is 425 g/mol. The minimum atomic E-state index is 0.0158. The Morgan fingerprint density at radius 1 is 0.844 bits per heavy atom. The molecular formula is C28H31N3O. The lowest BCUT2D eigenvalue weighted by atomic mass is 10.0. The number of carbonyl (C=O) groups is 1. The van der Waals surface area contributed by atoms with Gasteiger partial charge in [-0.15, -0.1) is 0 Å². The van der Waals surface area contributed by atoms with Gasteiger partial charge in [0.2, 0.25) is 5.91 Å². The number of aryl methyl sites for hydroxylation is 1. The van der Waals surface area contributed by atoms with Crippen molar-refractivity contribution in [1.29, 1.82) is 0 Å². The largest absolute Gasteiger partial charge is 0.349 e. The van der Waals surface area contributed by atoms with Gasteiger partial charge in [0.25, 0.3) is 0 Å². The van der Waals surface area contributed by atoms with E-state index in [2.05, 4.69) is 47.1 Å². The molecule has 4 heteroatoms. The number of rotatable bonds is 10. The van der Waals surface area contributed by atoms with E-state index in [4.69, 9.17) is 4.98 Å². The highest BCUT2D eigenvalue weighted by atomic mass is 16.1. The highest BCUT2D eigenvalue weighted by Gasteiger charge is 2.12. The molecule has 1 heterocycles. The summed E-state index contributed by atoms with van der Waals surface area (Å²) >= 11 is 0. The fourth-order valence-corrected chi connectivity index (χ4v) is 4.08. The highest BCUT2D eigenvalue weighted by Crippen LogP contribution is 2.20. The van der Waals surface area contributed by atoms with E-state index in [0.29, 0.717) is 13.0 Å². The summed E-state index contributed by atoms with van der Waals surface area (Å²) in [5.41, 5.74) is 5.48. The van der Waals surface area contributed by atoms with Crippen LogP contribution in [-0.4, -0.2) is 15.5 Å². The lowest BCUT2D eigenvalue weighted by Crippen LogP contribution is -2.26. The fraction of sp³-hybridized carbons (Fsp3) is 0.286. The molecule has 4 rings (SSSR count). The zero-order valence-electron chi connectivity index (χ0n) is 18.8. The Kier molecular flexibility index (Phi) is 7.34. The van der Waals surface area contributed by atoms with Crippen molar-refractivity contribution in [3.63, 3.8) is 0 Å². The molecule has 0 bridgehead atoms. The summed E-state index contributed by atoms with van der Waals surface area (Å²) in [7, 11) is 0. The predicted octanol–water partition coefficient (Wildman–Crippen LogP) is 6.14. The summed E-state index contributed by atoms with van der Waals surface area (Å²) in [5.74, 6) is 0.942. The van der Waals surface area contributed by atoms with Gasteiger partial charge in [-0.25, -0.2) is 4.98 Å². The number of hydrogen-bond acceptors (Lipinski definition) is 2. The van der Waals surface area contributed by atoms with Gasteiger partial charge in [0.05, 0.1) is 24.0 Å². The van der Waals surface area contributed by atoms with Gasteiger partial charge in [-0.1, -0.05) is 92.9 Å². The van der Waals surface area contributed by atoms with Gasteiger partial charge in [-0.2, -0.15) is 0 Å². The first-order valence-corrected chi connectivity index (χ1v) is 11.6. The Morgan fingerprint density at radius 2 is 1.56 bits per heavy atom. The number of amides is 1. The summed E-state index contributed by atoms with van der Waals surface area (Å²) in [5, 5.41) is 3.07. The Bertz CT molecular complexity index is 1150. The quantitative estimate of drug-likeness (QED) is 0.310. The SMILES string of the molecule is CCCCCCn1c(CNC(=O)Cc2ccc(-c3ccccc3)cc2)nc2ccccc21. The minimum absolute atomic E-state index is 0.0158. The van der Waals surface area contributed by atoms with Gasteiger partial charge in [-0.3, -0.25) is 4.79 Å². The molecule has 0 aliphatic heterocycles. The summed E-state index contributed by atoms with van der Waals surface area (Å²) in [6.45, 7) is 3.61. The van der Waals surface area contributed by atoms with Crippen molar-refractivity contribution < 1.29 is 4.79 Å². The molecule has 1 aromatic heterocycles. The maximum Gasteiger partial charge on any atom is 0.224 e. The van der Waals surface area contributed by atoms with Gasteiger partial charge in [0.1, 0.15) is 5.82 Å². The molecule has 4 nitrogen and oxygen atoms in total. The molecule has 3 aromatic carbocycles. The van der Waals surface area contributed by atoms with Crippen LogP contribution in [0.1, 0.15) is 44.0 Å². The Hall–Kier alpha value is -3.40. The van der Waals surface area contributed by atoms with Crippen molar-refractivity contribution in [1.82, 2.24) is 14.9 Å². The molecular weight excluding hydrogens is 394 g/mol. The number of nitrogens with zero attached hydrogens (tertiary/aromatic N) is 2. The van der Waals surface area contributed by atoms with E-state index < -0.39 is 0 Å². The van der Waals surface area contributed by atoms with Gasteiger partial charge in [0, 0.05) is 6.54 Å². The smallest absolute Gasteiger partial charge is 0.224 e. The van der Waals surface area contributed by atoms with Crippen LogP contribution in [0, 0.1) is 0 Å². The van der Waals surface area contributed by atoms with Crippen LogP contribution in [0.5, 0.6) is 0 Å². The number of imidazole rings is 1. The van der Waals surface area contributed by atoms with Crippen LogP contribution < -0.4 is 5.32 Å². The summed E-state index contributed by atoms with van der Waals surface area (Å²) in [4.78, 5) is 17.4. The molecule has 0 spiro atoms. The number of aromatic nitrogens is 2. The van der Waals surface area contributed by atoms with Crippen molar-refractivity contribution in [2.45, 2.75) is 52.1 Å². The first-order valence-electron chi connectivity index (χ1n) is 11.6. The number of unbranched alkanes of at least 4 members (excludes halogenated alkanes) is 3. The van der Waals surface area contributed by atoms with E-state index in [1.54, 1.807) is 0 Å². The molecule has 1 amide bonds. The van der Waals surface area contributed by atoms with Crippen LogP contribution in [0.3, 0.4) is 0 Å². The molecule has 0 aliphatic carbocycles. The normalized spacial score (nSPS) is 11.0. The van der Waals surface area contributed by atoms with E-state index in [0.717, 1.165) is 41.0 Å². The third-order valence-electron chi connectivity index (χ3n) is 5.84. The molecule has 0 fully saturated rings. The van der Waals surface area contributed by atoms with E-state index in [1.807, 2.05) is 48.5 Å². The van der Waals surface area contributed by atoms with Crippen LogP contribution in [0.4, 0.5) is 0 Å². The van der Waals surface area contributed by atoms with Crippen LogP contribution in [0.25, 0.3) is 22.2 Å². The zero-order valence-corrected chi connectivity index (χ0v) is 18.8. The molecule has 1 N–H and O–H groups in total. The lowest BCUT2D eigenvalue weighted by molar-refractivity contribution is -0.120. The molecule has 0 saturated heterocycles. The second kappa shape index (κ2) is 10.8. The van der Waals surface area contributed by atoms with Crippen LogP contribution in [-0.2, 0) is 24.3 Å². The highest BCUT2D eigenvalue weighted by molar-refractivity contribution is 5.79. The van der Waals surface area contributed by atoms with Crippen LogP contribution >= 0.6 is 0 Å². The molecule has 164 valence electrons.